The van der Waals surface area contributed by atoms with Crippen LogP contribution >= 0.6 is 45.8 Å². The van der Waals surface area contributed by atoms with Crippen LogP contribution in [-0.4, -0.2) is 4.98 Å². The summed E-state index contributed by atoms with van der Waals surface area (Å²) in [6.07, 6.45) is 0. The van der Waals surface area contributed by atoms with Gasteiger partial charge in [-0.15, -0.1) is 0 Å². The number of nitrogens with zero attached hydrogens (tertiary/aromatic N) is 1. The van der Waals surface area contributed by atoms with Gasteiger partial charge in [-0.25, -0.2) is 4.79 Å². The van der Waals surface area contributed by atoms with Crippen molar-refractivity contribution < 1.29 is 4.42 Å². The number of benzene rings is 2. The van der Waals surface area contributed by atoms with E-state index in [0.29, 0.717) is 10.5 Å². The average molecular weight is 433 g/mol. The number of anilines is 2. The van der Waals surface area contributed by atoms with Gasteiger partial charge < -0.3 is 9.73 Å². The van der Waals surface area contributed by atoms with E-state index >= 15 is 0 Å². The van der Waals surface area contributed by atoms with Crippen LogP contribution in [0.3, 0.4) is 0 Å². The molecule has 0 spiro atoms. The maximum absolute atomic E-state index is 12.0. The molecule has 0 aliphatic carbocycles. The van der Waals surface area contributed by atoms with Gasteiger partial charge in [-0.05, 0) is 46.9 Å². The molecular formula is C14H7Cl2IN2O2. The SMILES string of the molecule is O=c1oc(Nc2ccccc2I)nc2cc(Cl)cc(Cl)c12. The van der Waals surface area contributed by atoms with Crippen molar-refractivity contribution in [3.8, 4) is 0 Å². The number of halogens is 3. The van der Waals surface area contributed by atoms with Gasteiger partial charge in [0.05, 0.1) is 16.2 Å². The van der Waals surface area contributed by atoms with Gasteiger partial charge in [0.25, 0.3) is 0 Å². The fourth-order valence-corrected chi connectivity index (χ4v) is 2.93. The van der Waals surface area contributed by atoms with E-state index in [2.05, 4.69) is 32.9 Å². The summed E-state index contributed by atoms with van der Waals surface area (Å²) in [7, 11) is 0. The predicted octanol–water partition coefficient (Wildman–Crippen LogP) is 4.84. The molecule has 1 aromatic heterocycles. The fourth-order valence-electron chi connectivity index (χ4n) is 1.85. The molecule has 0 unspecified atom stereocenters. The van der Waals surface area contributed by atoms with Crippen molar-refractivity contribution in [3.63, 3.8) is 0 Å². The van der Waals surface area contributed by atoms with E-state index in [0.717, 1.165) is 9.26 Å². The molecule has 3 aromatic rings. The average Bonchev–Trinajstić information content (AvgIpc) is 2.40. The number of nitrogens with one attached hydrogen (secondary N) is 1. The van der Waals surface area contributed by atoms with Crippen LogP contribution in [0, 0.1) is 3.57 Å². The summed E-state index contributed by atoms with van der Waals surface area (Å²) >= 11 is 14.1. The molecule has 0 aliphatic rings. The summed E-state index contributed by atoms with van der Waals surface area (Å²) in [5.41, 5.74) is 0.619. The van der Waals surface area contributed by atoms with Gasteiger partial charge in [0.2, 0.25) is 0 Å². The van der Waals surface area contributed by atoms with Crippen LogP contribution in [0.5, 0.6) is 0 Å². The van der Waals surface area contributed by atoms with Crippen molar-refractivity contribution in [2.24, 2.45) is 0 Å². The van der Waals surface area contributed by atoms with Crippen LogP contribution in [0.25, 0.3) is 10.9 Å². The van der Waals surface area contributed by atoms with Crippen molar-refractivity contribution >= 4 is 68.4 Å². The smallest absolute Gasteiger partial charge is 0.349 e. The monoisotopic (exact) mass is 432 g/mol. The minimum absolute atomic E-state index is 0.0925. The van der Waals surface area contributed by atoms with Crippen molar-refractivity contribution in [2.45, 2.75) is 0 Å². The molecule has 106 valence electrons. The number of hydrogen-bond donors (Lipinski definition) is 1. The number of rotatable bonds is 2. The van der Waals surface area contributed by atoms with Crippen LogP contribution < -0.4 is 10.9 Å². The molecule has 0 saturated heterocycles. The van der Waals surface area contributed by atoms with Gasteiger partial charge in [-0.2, -0.15) is 4.98 Å². The van der Waals surface area contributed by atoms with Gasteiger partial charge in [-0.1, -0.05) is 35.3 Å². The molecule has 1 N–H and O–H groups in total. The summed E-state index contributed by atoms with van der Waals surface area (Å²) in [4.78, 5) is 16.3. The van der Waals surface area contributed by atoms with Crippen molar-refractivity contribution in [1.82, 2.24) is 4.98 Å². The molecule has 7 heteroatoms. The lowest BCUT2D eigenvalue weighted by Crippen LogP contribution is -2.06. The standard InChI is InChI=1S/C14H7Cl2IN2O2/c15-7-5-8(16)12-11(6-7)19-14(21-13(12)20)18-10-4-2-1-3-9(10)17/h1-6H,(H,18,19). The fraction of sp³-hybridized carbons (Fsp3) is 0. The maximum atomic E-state index is 12.0. The Kier molecular flexibility index (Phi) is 4.05. The molecule has 21 heavy (non-hydrogen) atoms. The summed E-state index contributed by atoms with van der Waals surface area (Å²) < 4.78 is 6.14. The van der Waals surface area contributed by atoms with E-state index in [1.165, 1.54) is 6.07 Å². The Bertz CT molecular complexity index is 896. The molecule has 4 nitrogen and oxygen atoms in total. The normalized spacial score (nSPS) is 10.8. The third-order valence-electron chi connectivity index (χ3n) is 2.77. The molecule has 0 bridgehead atoms. The highest BCUT2D eigenvalue weighted by Crippen LogP contribution is 2.26. The largest absolute Gasteiger partial charge is 0.388 e. The van der Waals surface area contributed by atoms with Gasteiger partial charge in [-0.3, -0.25) is 0 Å². The van der Waals surface area contributed by atoms with Crippen LogP contribution in [-0.2, 0) is 0 Å². The Morgan fingerprint density at radius 3 is 2.71 bits per heavy atom. The molecule has 2 aromatic carbocycles. The minimum Gasteiger partial charge on any atom is -0.388 e. The first-order valence-electron chi connectivity index (χ1n) is 5.86. The lowest BCUT2D eigenvalue weighted by Gasteiger charge is -2.07. The lowest BCUT2D eigenvalue weighted by molar-refractivity contribution is 0.522. The lowest BCUT2D eigenvalue weighted by atomic mass is 10.2. The minimum atomic E-state index is -0.560. The number of fused-ring (bicyclic) bond motifs is 1. The molecule has 0 radical (unpaired) electrons. The first-order valence-corrected chi connectivity index (χ1v) is 7.69. The Morgan fingerprint density at radius 2 is 1.95 bits per heavy atom. The zero-order chi connectivity index (χ0) is 15.0. The molecule has 0 aliphatic heterocycles. The number of para-hydroxylation sites is 1. The van der Waals surface area contributed by atoms with E-state index in [1.54, 1.807) is 6.07 Å². The van der Waals surface area contributed by atoms with Crippen LogP contribution in [0.2, 0.25) is 10.0 Å². The van der Waals surface area contributed by atoms with Crippen molar-refractivity contribution in [3.05, 3.63) is 60.4 Å². The third-order valence-corrected chi connectivity index (χ3v) is 4.22. The van der Waals surface area contributed by atoms with Gasteiger partial charge >= 0.3 is 11.6 Å². The van der Waals surface area contributed by atoms with E-state index < -0.39 is 5.63 Å². The molecule has 1 heterocycles. The zero-order valence-corrected chi connectivity index (χ0v) is 14.0. The quantitative estimate of drug-likeness (QED) is 0.588. The van der Waals surface area contributed by atoms with Gasteiger partial charge in [0, 0.05) is 8.59 Å². The first-order chi connectivity index (χ1) is 10.0. The maximum Gasteiger partial charge on any atom is 0.349 e. The predicted molar refractivity (Wildman–Crippen MR) is 92.7 cm³/mol. The van der Waals surface area contributed by atoms with E-state index in [-0.39, 0.29) is 16.4 Å². The molecule has 0 fully saturated rings. The molecule has 0 amide bonds. The topological polar surface area (TPSA) is 55.1 Å². The summed E-state index contributed by atoms with van der Waals surface area (Å²) in [6.45, 7) is 0. The Morgan fingerprint density at radius 1 is 1.19 bits per heavy atom. The van der Waals surface area contributed by atoms with Crippen molar-refractivity contribution in [1.29, 1.82) is 0 Å². The molecule has 0 atom stereocenters. The highest BCUT2D eigenvalue weighted by atomic mass is 127. The number of aromatic nitrogens is 1. The highest BCUT2D eigenvalue weighted by molar-refractivity contribution is 14.1. The second-order valence-electron chi connectivity index (χ2n) is 4.19. The second kappa shape index (κ2) is 5.82. The Labute approximate surface area is 143 Å². The van der Waals surface area contributed by atoms with Crippen LogP contribution in [0.1, 0.15) is 0 Å². The van der Waals surface area contributed by atoms with Gasteiger partial charge in [0.1, 0.15) is 5.39 Å². The second-order valence-corrected chi connectivity index (χ2v) is 6.20. The molecular weight excluding hydrogens is 426 g/mol. The third kappa shape index (κ3) is 3.00. The van der Waals surface area contributed by atoms with E-state index in [1.807, 2.05) is 24.3 Å². The summed E-state index contributed by atoms with van der Waals surface area (Å²) in [6, 6.07) is 10.7. The zero-order valence-electron chi connectivity index (χ0n) is 10.4. The van der Waals surface area contributed by atoms with Crippen LogP contribution in [0.4, 0.5) is 11.7 Å². The van der Waals surface area contributed by atoms with Crippen LogP contribution in [0.15, 0.2) is 45.6 Å². The number of hydrogen-bond acceptors (Lipinski definition) is 4. The van der Waals surface area contributed by atoms with Gasteiger partial charge in [0.15, 0.2) is 0 Å². The molecule has 3 rings (SSSR count). The Hall–Kier alpha value is -1.31. The van der Waals surface area contributed by atoms with E-state index in [4.69, 9.17) is 27.6 Å². The first kappa shape index (κ1) is 14.6. The van der Waals surface area contributed by atoms with Crippen molar-refractivity contribution in [2.75, 3.05) is 5.32 Å². The van der Waals surface area contributed by atoms with E-state index in [9.17, 15) is 4.79 Å². The Balaban J connectivity index is 2.13. The summed E-state index contributed by atoms with van der Waals surface area (Å²) in [5.74, 6) is 0. The molecule has 0 saturated carbocycles. The highest BCUT2D eigenvalue weighted by Gasteiger charge is 2.12. The summed E-state index contributed by atoms with van der Waals surface area (Å²) in [5, 5.41) is 3.82.